The van der Waals surface area contributed by atoms with E-state index in [4.69, 9.17) is 4.74 Å². The molecule has 7 nitrogen and oxygen atoms in total. The Labute approximate surface area is 287 Å². The number of piperidine rings is 3. The maximum Gasteiger partial charge on any atom is 0.250 e. The maximum absolute atomic E-state index is 15.8. The highest BCUT2D eigenvalue weighted by molar-refractivity contribution is 6.06. The molecule has 11 aliphatic rings. The smallest absolute Gasteiger partial charge is 0.250 e. The fourth-order valence-electron chi connectivity index (χ4n) is 15.2. The topological polar surface area (TPSA) is 56.3 Å². The second-order valence-corrected chi connectivity index (χ2v) is 17.3. The van der Waals surface area contributed by atoms with E-state index in [0.717, 1.165) is 44.6 Å². The van der Waals surface area contributed by atoms with Crippen molar-refractivity contribution in [2.75, 3.05) is 36.0 Å². The first-order chi connectivity index (χ1) is 24.1. The van der Waals surface area contributed by atoms with Crippen LogP contribution in [0.2, 0.25) is 0 Å². The third-order valence-corrected chi connectivity index (χ3v) is 16.4. The number of nitrogens with zero attached hydrogens (tertiary/aromatic N) is 4. The molecule has 49 heavy (non-hydrogen) atoms. The van der Waals surface area contributed by atoms with Crippen molar-refractivity contribution in [1.29, 1.82) is 0 Å². The number of amides is 2. The van der Waals surface area contributed by atoms with Crippen molar-refractivity contribution in [3.63, 3.8) is 0 Å². The molecule has 248 valence electrons. The van der Waals surface area contributed by atoms with E-state index in [2.05, 4.69) is 93.3 Å². The fraction of sp³-hybridized carbons (Fsp3) is 0.524. The van der Waals surface area contributed by atoms with Crippen LogP contribution in [0.3, 0.4) is 0 Å². The Morgan fingerprint density at radius 3 is 2.49 bits per heavy atom. The van der Waals surface area contributed by atoms with Crippen LogP contribution in [0.25, 0.3) is 0 Å². The Morgan fingerprint density at radius 2 is 1.65 bits per heavy atom. The normalized spacial score (nSPS) is 48.1. The molecule has 9 aliphatic heterocycles. The monoisotopic (exact) mass is 650 g/mol. The molecule has 0 aromatic heterocycles. The zero-order valence-corrected chi connectivity index (χ0v) is 27.9. The van der Waals surface area contributed by atoms with E-state index in [-0.39, 0.29) is 58.8 Å². The maximum atomic E-state index is 15.8. The zero-order chi connectivity index (χ0) is 32.1. The quantitative estimate of drug-likeness (QED) is 0.424. The van der Waals surface area contributed by atoms with Gasteiger partial charge in [-0.15, -0.1) is 0 Å². The summed E-state index contributed by atoms with van der Waals surface area (Å²) in [6.07, 6.45) is 13.0. The van der Waals surface area contributed by atoms with Crippen LogP contribution in [0, 0.1) is 29.6 Å². The van der Waals surface area contributed by atoms with Crippen molar-refractivity contribution in [3.05, 3.63) is 95.1 Å². The lowest BCUT2D eigenvalue weighted by Gasteiger charge is -2.61. The molecule has 4 bridgehead atoms. The number of ether oxygens (including phenoxy) is 1. The minimum Gasteiger partial charge on any atom is -0.373 e. The number of anilines is 2. The molecule has 13 atom stereocenters. The Balaban J connectivity index is 1.02. The van der Waals surface area contributed by atoms with Crippen molar-refractivity contribution in [2.24, 2.45) is 29.6 Å². The number of allylic oxidation sites excluding steroid dienone is 1. The summed E-state index contributed by atoms with van der Waals surface area (Å²) in [4.78, 5) is 39.7. The molecule has 7 fully saturated rings. The predicted molar refractivity (Wildman–Crippen MR) is 185 cm³/mol. The summed E-state index contributed by atoms with van der Waals surface area (Å²) in [5.41, 5.74) is 7.85. The highest BCUT2D eigenvalue weighted by atomic mass is 16.5. The van der Waals surface area contributed by atoms with Gasteiger partial charge in [0.25, 0.3) is 5.91 Å². The van der Waals surface area contributed by atoms with Crippen LogP contribution in [0.1, 0.15) is 43.7 Å². The summed E-state index contributed by atoms with van der Waals surface area (Å²) < 4.78 is 7.14. The van der Waals surface area contributed by atoms with Gasteiger partial charge in [-0.1, -0.05) is 65.8 Å². The number of para-hydroxylation sites is 2. The standard InChI is InChI=1S/C42H42N4O3/c1-2-22-21-44-31(19-42-28-8-4-5-9-29(28)45-34(47)12-11-24(38(42)45)25(22)17-33(42)44)36-37-35-26-18-32-41(14-15-43(32)20-23(26)13-16-49-37)27-7-3-6-10-30(27)46(39(35)41)40(36)48/h2-13,24-26,31-33,35-39H,14-21H2,1H3/b22-2-/t24?,25-,26-,31+,32-,33-,35-,36-,37+,38-,39-,41+,42+/m0/s1. The van der Waals surface area contributed by atoms with E-state index < -0.39 is 0 Å². The van der Waals surface area contributed by atoms with E-state index in [0.29, 0.717) is 36.3 Å². The van der Waals surface area contributed by atoms with Gasteiger partial charge in [0.15, 0.2) is 0 Å². The van der Waals surface area contributed by atoms with Crippen molar-refractivity contribution in [1.82, 2.24) is 9.80 Å². The molecular formula is C42H42N4O3. The van der Waals surface area contributed by atoms with Gasteiger partial charge >= 0.3 is 0 Å². The van der Waals surface area contributed by atoms with Crippen LogP contribution in [-0.2, 0) is 25.2 Å². The molecule has 2 saturated carbocycles. The molecular weight excluding hydrogens is 608 g/mol. The summed E-state index contributed by atoms with van der Waals surface area (Å²) in [7, 11) is 0. The molecule has 2 aromatic carbocycles. The van der Waals surface area contributed by atoms with Crippen LogP contribution >= 0.6 is 0 Å². The average Bonchev–Trinajstić information content (AvgIpc) is 3.82. The largest absolute Gasteiger partial charge is 0.373 e. The highest BCUT2D eigenvalue weighted by Gasteiger charge is 2.76. The van der Waals surface area contributed by atoms with Crippen LogP contribution in [0.5, 0.6) is 0 Å². The van der Waals surface area contributed by atoms with E-state index in [9.17, 15) is 4.79 Å². The SMILES string of the molecule is C/C=C1/CN2[C@@H]([C@@H]3C(=O)N4c5ccccc5[C@@]56CCN7CC8=CCO[C@@H]3[C@@H]([C@H]45)[C@H]8C[C@H]76)C[C@]34c5ccccc5N5C(=O)C=CC([C@H]53)[C@H]1C[C@H]24. The first-order valence-corrected chi connectivity index (χ1v) is 19.0. The van der Waals surface area contributed by atoms with E-state index in [1.165, 1.54) is 28.8 Å². The third kappa shape index (κ3) is 2.76. The number of benzene rings is 2. The molecule has 0 N–H and O–H groups in total. The summed E-state index contributed by atoms with van der Waals surface area (Å²) in [6.45, 7) is 5.88. The number of carbonyl (C=O) groups excluding carboxylic acids is 2. The van der Waals surface area contributed by atoms with E-state index in [1.54, 1.807) is 5.57 Å². The molecule has 5 saturated heterocycles. The van der Waals surface area contributed by atoms with E-state index in [1.807, 2.05) is 6.08 Å². The van der Waals surface area contributed by atoms with Gasteiger partial charge in [0, 0.05) is 65.3 Å². The molecule has 0 radical (unpaired) electrons. The summed E-state index contributed by atoms with van der Waals surface area (Å²) in [5, 5.41) is 0. The van der Waals surface area contributed by atoms with Gasteiger partial charge < -0.3 is 14.5 Å². The number of hydrogen-bond acceptors (Lipinski definition) is 5. The third-order valence-electron chi connectivity index (χ3n) is 16.4. The van der Waals surface area contributed by atoms with Crippen LogP contribution in [0.4, 0.5) is 11.4 Å². The summed E-state index contributed by atoms with van der Waals surface area (Å²) in [6, 6.07) is 18.8. The number of carbonyl (C=O) groups is 2. The minimum absolute atomic E-state index is 0.0123. The predicted octanol–water partition coefficient (Wildman–Crippen LogP) is 4.58. The van der Waals surface area contributed by atoms with Gasteiger partial charge in [-0.25, -0.2) is 0 Å². The first-order valence-electron chi connectivity index (χ1n) is 19.0. The average molecular weight is 651 g/mol. The summed E-state index contributed by atoms with van der Waals surface area (Å²) >= 11 is 0. The summed E-state index contributed by atoms with van der Waals surface area (Å²) in [5.74, 6) is 1.61. The molecule has 2 spiro atoms. The number of hydrogen-bond donors (Lipinski definition) is 0. The zero-order valence-electron chi connectivity index (χ0n) is 27.9. The molecule has 13 rings (SSSR count). The number of fused-ring (bicyclic) bond motifs is 6. The lowest BCUT2D eigenvalue weighted by Crippen LogP contribution is -2.73. The molecule has 2 aliphatic carbocycles. The van der Waals surface area contributed by atoms with Crippen LogP contribution in [0.15, 0.2) is 84.0 Å². The minimum atomic E-state index is -0.252. The van der Waals surface area contributed by atoms with Gasteiger partial charge in [0.05, 0.1) is 30.7 Å². The molecule has 9 heterocycles. The molecule has 2 amide bonds. The second kappa shape index (κ2) is 8.67. The fourth-order valence-corrected chi connectivity index (χ4v) is 15.2. The lowest BCUT2D eigenvalue weighted by molar-refractivity contribution is -0.149. The van der Waals surface area contributed by atoms with Crippen molar-refractivity contribution in [3.8, 4) is 0 Å². The van der Waals surface area contributed by atoms with Gasteiger partial charge in [-0.05, 0) is 80.3 Å². The van der Waals surface area contributed by atoms with Crippen LogP contribution < -0.4 is 9.80 Å². The van der Waals surface area contributed by atoms with Gasteiger partial charge in [-0.2, -0.15) is 0 Å². The van der Waals surface area contributed by atoms with Gasteiger partial charge in [0.2, 0.25) is 5.91 Å². The van der Waals surface area contributed by atoms with Gasteiger partial charge in [-0.3, -0.25) is 19.4 Å². The van der Waals surface area contributed by atoms with Gasteiger partial charge in [0.1, 0.15) is 0 Å². The Morgan fingerprint density at radius 1 is 0.878 bits per heavy atom. The van der Waals surface area contributed by atoms with Crippen LogP contribution in [-0.4, -0.2) is 84.2 Å². The Hall–Kier alpha value is -3.52. The Kier molecular flexibility index (Phi) is 4.82. The van der Waals surface area contributed by atoms with E-state index >= 15 is 4.79 Å². The molecule has 7 heteroatoms. The van der Waals surface area contributed by atoms with Crippen molar-refractivity contribution in [2.45, 2.75) is 79.8 Å². The molecule has 1 unspecified atom stereocenters. The second-order valence-electron chi connectivity index (χ2n) is 17.3. The number of rotatable bonds is 1. The first kappa shape index (κ1) is 27.2. The Bertz CT molecular complexity index is 2020. The van der Waals surface area contributed by atoms with Crippen molar-refractivity contribution < 1.29 is 14.3 Å². The lowest BCUT2D eigenvalue weighted by atomic mass is 9.52. The highest BCUT2D eigenvalue weighted by Crippen LogP contribution is 2.70. The van der Waals surface area contributed by atoms with Crippen molar-refractivity contribution >= 4 is 23.2 Å². The molecule has 2 aromatic rings.